The van der Waals surface area contributed by atoms with Crippen LogP contribution in [0, 0.1) is 12.0 Å². The summed E-state index contributed by atoms with van der Waals surface area (Å²) in [5, 5.41) is 0. The molecule has 0 aliphatic carbocycles. The lowest BCUT2D eigenvalue weighted by Gasteiger charge is -2.21. The zero-order valence-corrected chi connectivity index (χ0v) is 11.7. The van der Waals surface area contributed by atoms with Crippen LogP contribution in [0.25, 0.3) is 0 Å². The van der Waals surface area contributed by atoms with Gasteiger partial charge in [0.15, 0.2) is 0 Å². The molecule has 99 valence electrons. The Morgan fingerprint density at radius 2 is 1.42 bits per heavy atom. The van der Waals surface area contributed by atoms with E-state index in [-0.39, 0.29) is 0 Å². The van der Waals surface area contributed by atoms with Crippen LogP contribution in [-0.4, -0.2) is 7.11 Å². The van der Waals surface area contributed by atoms with Gasteiger partial charge in [0.25, 0.3) is 0 Å². The summed E-state index contributed by atoms with van der Waals surface area (Å²) in [5.41, 5.74) is 2.66. The standard InChI is InChI=1S/C18H21O/c1-15(13-16-9-5-3-6-10-16)18(19-2)14-17-11-7-4-8-12-17/h3-12,15H,13-14H2,1-2H3. The van der Waals surface area contributed by atoms with Crippen molar-refractivity contribution in [1.29, 1.82) is 0 Å². The normalized spacial score (nSPS) is 12.6. The first-order chi connectivity index (χ1) is 9.29. The van der Waals surface area contributed by atoms with Crippen LogP contribution in [0.4, 0.5) is 0 Å². The first-order valence-corrected chi connectivity index (χ1v) is 6.77. The molecule has 0 N–H and O–H groups in total. The van der Waals surface area contributed by atoms with E-state index in [9.17, 15) is 0 Å². The molecule has 0 fully saturated rings. The molecule has 2 aromatic rings. The molecule has 0 aromatic heterocycles. The van der Waals surface area contributed by atoms with Crippen molar-refractivity contribution >= 4 is 0 Å². The first kappa shape index (κ1) is 13.8. The Labute approximate surface area is 116 Å². The second-order valence-electron chi connectivity index (χ2n) is 4.92. The Bertz CT molecular complexity index is 464. The summed E-state index contributed by atoms with van der Waals surface area (Å²) in [5.74, 6) is 0.424. The molecule has 0 amide bonds. The van der Waals surface area contributed by atoms with E-state index < -0.39 is 0 Å². The van der Waals surface area contributed by atoms with Gasteiger partial charge in [-0.25, -0.2) is 0 Å². The fourth-order valence-corrected chi connectivity index (χ4v) is 2.33. The van der Waals surface area contributed by atoms with Crippen molar-refractivity contribution in [3.63, 3.8) is 0 Å². The van der Waals surface area contributed by atoms with E-state index in [1.54, 1.807) is 7.11 Å². The van der Waals surface area contributed by atoms with Gasteiger partial charge in [-0.15, -0.1) is 0 Å². The molecule has 0 bridgehead atoms. The molecular formula is C18H21O. The van der Waals surface area contributed by atoms with Crippen LogP contribution >= 0.6 is 0 Å². The first-order valence-electron chi connectivity index (χ1n) is 6.77. The summed E-state index contributed by atoms with van der Waals surface area (Å²) in [7, 11) is 1.78. The predicted molar refractivity (Wildman–Crippen MR) is 79.7 cm³/mol. The third kappa shape index (κ3) is 4.22. The van der Waals surface area contributed by atoms with Crippen molar-refractivity contribution in [2.45, 2.75) is 19.8 Å². The van der Waals surface area contributed by atoms with E-state index in [0.29, 0.717) is 5.92 Å². The second-order valence-corrected chi connectivity index (χ2v) is 4.92. The predicted octanol–water partition coefficient (Wildman–Crippen LogP) is 4.29. The van der Waals surface area contributed by atoms with E-state index in [1.807, 2.05) is 6.07 Å². The van der Waals surface area contributed by atoms with E-state index in [2.05, 4.69) is 61.5 Å². The number of methoxy groups -OCH3 is 1. The highest BCUT2D eigenvalue weighted by atomic mass is 16.5. The van der Waals surface area contributed by atoms with Gasteiger partial charge in [0, 0.05) is 13.5 Å². The highest BCUT2D eigenvalue weighted by molar-refractivity contribution is 5.20. The highest BCUT2D eigenvalue weighted by Crippen LogP contribution is 2.23. The highest BCUT2D eigenvalue weighted by Gasteiger charge is 2.18. The number of rotatable bonds is 6. The molecule has 0 saturated carbocycles. The van der Waals surface area contributed by atoms with Crippen LogP contribution in [0.5, 0.6) is 0 Å². The van der Waals surface area contributed by atoms with E-state index in [0.717, 1.165) is 18.9 Å². The monoisotopic (exact) mass is 253 g/mol. The minimum atomic E-state index is 0.424. The third-order valence-electron chi connectivity index (χ3n) is 3.42. The van der Waals surface area contributed by atoms with Crippen LogP contribution in [-0.2, 0) is 17.6 Å². The lowest BCUT2D eigenvalue weighted by Crippen LogP contribution is -2.16. The van der Waals surface area contributed by atoms with E-state index in [1.165, 1.54) is 11.1 Å². The van der Waals surface area contributed by atoms with Crippen molar-refractivity contribution in [2.75, 3.05) is 7.11 Å². The van der Waals surface area contributed by atoms with Crippen LogP contribution in [0.1, 0.15) is 18.1 Å². The molecule has 0 spiro atoms. The summed E-state index contributed by atoms with van der Waals surface area (Å²) in [6.07, 6.45) is 3.07. The maximum Gasteiger partial charge on any atom is 0.104 e. The zero-order chi connectivity index (χ0) is 13.5. The molecular weight excluding hydrogens is 232 g/mol. The zero-order valence-electron chi connectivity index (χ0n) is 11.7. The van der Waals surface area contributed by atoms with Gasteiger partial charge < -0.3 is 4.74 Å². The number of hydrogen-bond acceptors (Lipinski definition) is 1. The molecule has 0 aliphatic rings. The minimum absolute atomic E-state index is 0.424. The van der Waals surface area contributed by atoms with Gasteiger partial charge >= 0.3 is 0 Å². The second kappa shape index (κ2) is 7.10. The Hall–Kier alpha value is -1.60. The maximum atomic E-state index is 5.60. The summed E-state index contributed by atoms with van der Waals surface area (Å²) < 4.78 is 5.60. The molecule has 1 nitrogen and oxygen atoms in total. The smallest absolute Gasteiger partial charge is 0.104 e. The number of benzene rings is 2. The van der Waals surface area contributed by atoms with Gasteiger partial charge in [-0.2, -0.15) is 0 Å². The van der Waals surface area contributed by atoms with Crippen molar-refractivity contribution in [3.8, 4) is 0 Å². The number of hydrogen-bond donors (Lipinski definition) is 0. The van der Waals surface area contributed by atoms with Crippen LogP contribution in [0.15, 0.2) is 60.7 Å². The van der Waals surface area contributed by atoms with Crippen LogP contribution in [0.2, 0.25) is 0 Å². The SMILES string of the molecule is CO[C](Cc1ccccc1)C(C)Cc1ccccc1. The summed E-state index contributed by atoms with van der Waals surface area (Å²) >= 11 is 0. The maximum absolute atomic E-state index is 5.60. The summed E-state index contributed by atoms with van der Waals surface area (Å²) in [6, 6.07) is 21.1. The van der Waals surface area contributed by atoms with Crippen LogP contribution in [0.3, 0.4) is 0 Å². The largest absolute Gasteiger partial charge is 0.375 e. The fraction of sp³-hybridized carbons (Fsp3) is 0.278. The summed E-state index contributed by atoms with van der Waals surface area (Å²) in [6.45, 7) is 2.23. The Kier molecular flexibility index (Phi) is 5.17. The Morgan fingerprint density at radius 3 is 1.95 bits per heavy atom. The van der Waals surface area contributed by atoms with Crippen molar-refractivity contribution < 1.29 is 4.74 Å². The van der Waals surface area contributed by atoms with Gasteiger partial charge in [-0.1, -0.05) is 67.6 Å². The molecule has 2 rings (SSSR count). The molecule has 0 heterocycles. The Morgan fingerprint density at radius 1 is 0.895 bits per heavy atom. The van der Waals surface area contributed by atoms with Gasteiger partial charge in [-0.3, -0.25) is 0 Å². The van der Waals surface area contributed by atoms with Crippen LogP contribution < -0.4 is 0 Å². The molecule has 0 saturated heterocycles. The topological polar surface area (TPSA) is 9.23 Å². The van der Waals surface area contributed by atoms with E-state index in [4.69, 9.17) is 4.74 Å². The van der Waals surface area contributed by atoms with Crippen molar-refractivity contribution in [1.82, 2.24) is 0 Å². The quantitative estimate of drug-likeness (QED) is 0.746. The lowest BCUT2D eigenvalue weighted by atomic mass is 9.92. The molecule has 2 aromatic carbocycles. The molecule has 1 radical (unpaired) electrons. The van der Waals surface area contributed by atoms with E-state index >= 15 is 0 Å². The van der Waals surface area contributed by atoms with Crippen molar-refractivity contribution in [2.24, 2.45) is 5.92 Å². The average molecular weight is 253 g/mol. The third-order valence-corrected chi connectivity index (χ3v) is 3.42. The lowest BCUT2D eigenvalue weighted by molar-refractivity contribution is 0.157. The van der Waals surface area contributed by atoms with Crippen molar-refractivity contribution in [3.05, 3.63) is 77.9 Å². The van der Waals surface area contributed by atoms with Gasteiger partial charge in [0.1, 0.15) is 6.10 Å². The molecule has 1 atom stereocenters. The minimum Gasteiger partial charge on any atom is -0.375 e. The van der Waals surface area contributed by atoms with Gasteiger partial charge in [-0.05, 0) is 23.5 Å². The van der Waals surface area contributed by atoms with Gasteiger partial charge in [0.05, 0.1) is 0 Å². The Balaban J connectivity index is 1.97. The molecule has 19 heavy (non-hydrogen) atoms. The summed E-state index contributed by atoms with van der Waals surface area (Å²) in [4.78, 5) is 0. The molecule has 1 heteroatoms. The number of ether oxygens (including phenoxy) is 1. The average Bonchev–Trinajstić information content (AvgIpc) is 2.47. The van der Waals surface area contributed by atoms with Gasteiger partial charge in [0.2, 0.25) is 0 Å². The molecule has 0 aliphatic heterocycles. The fourth-order valence-electron chi connectivity index (χ4n) is 2.33. The molecule has 1 unspecified atom stereocenters.